The molecule has 3 rings (SSSR count). The number of hydrogen-bond acceptors (Lipinski definition) is 3. The highest BCUT2D eigenvalue weighted by Crippen LogP contribution is 2.32. The fraction of sp³-hybridized carbons (Fsp3) is 0.0909. The summed E-state index contributed by atoms with van der Waals surface area (Å²) in [6.45, 7) is -0.319. The van der Waals surface area contributed by atoms with E-state index in [0.717, 1.165) is 12.1 Å². The fourth-order valence-electron chi connectivity index (χ4n) is 2.69. The molecule has 0 radical (unpaired) electrons. The third-order valence-electron chi connectivity index (χ3n) is 4.11. The summed E-state index contributed by atoms with van der Waals surface area (Å²) < 4.78 is 44.9. The van der Waals surface area contributed by atoms with Gasteiger partial charge in [0.25, 0.3) is 11.8 Å². The first-order valence-corrected chi connectivity index (χ1v) is 9.36. The highest BCUT2D eigenvalue weighted by atomic mass is 35.5. The zero-order chi connectivity index (χ0) is 22.4. The van der Waals surface area contributed by atoms with E-state index in [1.54, 1.807) is 36.4 Å². The van der Waals surface area contributed by atoms with Gasteiger partial charge in [-0.05, 0) is 48.5 Å². The number of amides is 2. The Morgan fingerprint density at radius 1 is 0.839 bits per heavy atom. The predicted octanol–water partition coefficient (Wildman–Crippen LogP) is 5.63. The van der Waals surface area contributed by atoms with Crippen LogP contribution in [0, 0.1) is 0 Å². The van der Waals surface area contributed by atoms with Gasteiger partial charge in [-0.15, -0.1) is 0 Å². The van der Waals surface area contributed by atoms with Crippen LogP contribution in [-0.4, -0.2) is 18.4 Å². The highest BCUT2D eigenvalue weighted by molar-refractivity contribution is 6.30. The quantitative estimate of drug-likeness (QED) is 0.513. The summed E-state index contributed by atoms with van der Waals surface area (Å²) in [7, 11) is 0. The van der Waals surface area contributed by atoms with Gasteiger partial charge < -0.3 is 15.4 Å². The van der Waals surface area contributed by atoms with Crippen molar-refractivity contribution in [3.05, 3.63) is 88.9 Å². The summed E-state index contributed by atoms with van der Waals surface area (Å²) in [6, 6.07) is 17.0. The number of benzene rings is 3. The van der Waals surface area contributed by atoms with E-state index in [1.807, 2.05) is 0 Å². The van der Waals surface area contributed by atoms with Crippen LogP contribution in [0.1, 0.15) is 15.9 Å². The lowest BCUT2D eigenvalue weighted by Gasteiger charge is -2.15. The van der Waals surface area contributed by atoms with Crippen LogP contribution in [0.5, 0.6) is 5.75 Å². The summed E-state index contributed by atoms with van der Waals surface area (Å²) in [5, 5.41) is 5.50. The molecule has 0 heterocycles. The van der Waals surface area contributed by atoms with Crippen molar-refractivity contribution in [3.8, 4) is 5.75 Å². The molecule has 0 aliphatic heterocycles. The maximum atomic E-state index is 13.2. The number of alkyl halides is 3. The molecule has 31 heavy (non-hydrogen) atoms. The lowest BCUT2D eigenvalue weighted by atomic mass is 10.1. The summed E-state index contributed by atoms with van der Waals surface area (Å²) in [5.41, 5.74) is -1.22. The minimum Gasteiger partial charge on any atom is -0.484 e. The normalized spacial score (nSPS) is 11.0. The van der Waals surface area contributed by atoms with Crippen molar-refractivity contribution in [2.24, 2.45) is 0 Å². The first kappa shape index (κ1) is 22.2. The van der Waals surface area contributed by atoms with Crippen molar-refractivity contribution in [1.82, 2.24) is 0 Å². The van der Waals surface area contributed by atoms with Crippen molar-refractivity contribution in [2.75, 3.05) is 17.2 Å². The standard InChI is InChI=1S/C22H16ClF3N2O3/c23-14-9-11-15(12-10-14)31-13-20(29)27-18-7-3-4-8-19(18)28-21(30)16-5-1-2-6-17(16)22(24,25)26/h1-12H,13H2,(H,27,29)(H,28,30). The molecular formula is C22H16ClF3N2O3. The van der Waals surface area contributed by atoms with Gasteiger partial charge in [-0.1, -0.05) is 35.9 Å². The van der Waals surface area contributed by atoms with Crippen molar-refractivity contribution < 1.29 is 27.5 Å². The predicted molar refractivity (Wildman–Crippen MR) is 111 cm³/mol. The molecular weight excluding hydrogens is 433 g/mol. The van der Waals surface area contributed by atoms with Gasteiger partial charge in [0.1, 0.15) is 5.75 Å². The average Bonchev–Trinajstić information content (AvgIpc) is 2.74. The number of halogens is 4. The summed E-state index contributed by atoms with van der Waals surface area (Å²) >= 11 is 5.79. The molecule has 0 aliphatic rings. The lowest BCUT2D eigenvalue weighted by Crippen LogP contribution is -2.22. The van der Waals surface area contributed by atoms with E-state index in [1.165, 1.54) is 24.3 Å². The van der Waals surface area contributed by atoms with Gasteiger partial charge in [-0.3, -0.25) is 9.59 Å². The molecule has 0 saturated carbocycles. The number of hydrogen-bond donors (Lipinski definition) is 2. The molecule has 3 aromatic carbocycles. The van der Waals surface area contributed by atoms with E-state index in [-0.39, 0.29) is 18.0 Å². The second-order valence-electron chi connectivity index (χ2n) is 6.33. The van der Waals surface area contributed by atoms with Crippen LogP contribution < -0.4 is 15.4 Å². The SMILES string of the molecule is O=C(COc1ccc(Cl)cc1)Nc1ccccc1NC(=O)c1ccccc1C(F)(F)F. The van der Waals surface area contributed by atoms with Crippen LogP contribution in [0.2, 0.25) is 5.02 Å². The summed E-state index contributed by atoms with van der Waals surface area (Å²) in [6.07, 6.45) is -4.68. The lowest BCUT2D eigenvalue weighted by molar-refractivity contribution is -0.137. The number of nitrogens with one attached hydrogen (secondary N) is 2. The van der Waals surface area contributed by atoms with E-state index >= 15 is 0 Å². The molecule has 0 bridgehead atoms. The molecule has 0 unspecified atom stereocenters. The summed E-state index contributed by atoms with van der Waals surface area (Å²) in [5.74, 6) is -1.04. The molecule has 0 spiro atoms. The Morgan fingerprint density at radius 2 is 1.42 bits per heavy atom. The third kappa shape index (κ3) is 5.99. The maximum Gasteiger partial charge on any atom is 0.417 e. The second-order valence-corrected chi connectivity index (χ2v) is 6.77. The smallest absolute Gasteiger partial charge is 0.417 e. The van der Waals surface area contributed by atoms with Crippen LogP contribution in [-0.2, 0) is 11.0 Å². The van der Waals surface area contributed by atoms with Gasteiger partial charge in [-0.25, -0.2) is 0 Å². The molecule has 160 valence electrons. The van der Waals surface area contributed by atoms with Crippen LogP contribution in [0.3, 0.4) is 0 Å². The van der Waals surface area contributed by atoms with E-state index in [4.69, 9.17) is 16.3 Å². The molecule has 0 fully saturated rings. The molecule has 5 nitrogen and oxygen atoms in total. The van der Waals surface area contributed by atoms with Crippen LogP contribution in [0.4, 0.5) is 24.5 Å². The van der Waals surface area contributed by atoms with Crippen LogP contribution in [0.25, 0.3) is 0 Å². The van der Waals surface area contributed by atoms with E-state index in [0.29, 0.717) is 10.8 Å². The third-order valence-corrected chi connectivity index (χ3v) is 4.36. The molecule has 0 aliphatic carbocycles. The van der Waals surface area contributed by atoms with Crippen LogP contribution in [0.15, 0.2) is 72.8 Å². The zero-order valence-corrected chi connectivity index (χ0v) is 16.6. The minimum atomic E-state index is -4.68. The summed E-state index contributed by atoms with van der Waals surface area (Å²) in [4.78, 5) is 24.7. The van der Waals surface area contributed by atoms with E-state index < -0.39 is 29.1 Å². The first-order chi connectivity index (χ1) is 14.7. The number of carbonyl (C=O) groups excluding carboxylic acids is 2. The largest absolute Gasteiger partial charge is 0.484 e. The molecule has 9 heteroatoms. The molecule has 0 saturated heterocycles. The molecule has 2 amide bonds. The van der Waals surface area contributed by atoms with Gasteiger partial charge in [0.05, 0.1) is 22.5 Å². The van der Waals surface area contributed by atoms with Crippen molar-refractivity contribution >= 4 is 34.8 Å². The van der Waals surface area contributed by atoms with E-state index in [2.05, 4.69) is 10.6 Å². The van der Waals surface area contributed by atoms with Gasteiger partial charge in [0.2, 0.25) is 0 Å². The number of carbonyl (C=O) groups is 2. The second kappa shape index (κ2) is 9.53. The van der Waals surface area contributed by atoms with E-state index in [9.17, 15) is 22.8 Å². The number of ether oxygens (including phenoxy) is 1. The van der Waals surface area contributed by atoms with Gasteiger partial charge in [0.15, 0.2) is 6.61 Å². The Hall–Kier alpha value is -3.52. The average molecular weight is 449 g/mol. The van der Waals surface area contributed by atoms with Crippen molar-refractivity contribution in [2.45, 2.75) is 6.18 Å². The Bertz CT molecular complexity index is 1090. The topological polar surface area (TPSA) is 67.4 Å². The molecule has 0 atom stereocenters. The molecule has 2 N–H and O–H groups in total. The van der Waals surface area contributed by atoms with Crippen LogP contribution >= 0.6 is 11.6 Å². The van der Waals surface area contributed by atoms with Gasteiger partial charge in [-0.2, -0.15) is 13.2 Å². The minimum absolute atomic E-state index is 0.143. The Balaban J connectivity index is 1.70. The van der Waals surface area contributed by atoms with Gasteiger partial charge >= 0.3 is 6.18 Å². The Labute approximate surface area is 180 Å². The fourth-order valence-corrected chi connectivity index (χ4v) is 2.81. The molecule has 0 aromatic heterocycles. The maximum absolute atomic E-state index is 13.2. The Kier molecular flexibility index (Phi) is 6.81. The monoisotopic (exact) mass is 448 g/mol. The highest BCUT2D eigenvalue weighted by Gasteiger charge is 2.34. The Morgan fingerprint density at radius 3 is 2.06 bits per heavy atom. The molecule has 3 aromatic rings. The van der Waals surface area contributed by atoms with Crippen molar-refractivity contribution in [3.63, 3.8) is 0 Å². The number of para-hydroxylation sites is 2. The zero-order valence-electron chi connectivity index (χ0n) is 15.9. The first-order valence-electron chi connectivity index (χ1n) is 8.99. The van der Waals surface area contributed by atoms with Crippen molar-refractivity contribution in [1.29, 1.82) is 0 Å². The number of rotatable bonds is 6. The van der Waals surface area contributed by atoms with Gasteiger partial charge in [0, 0.05) is 5.02 Å². The number of anilines is 2.